The van der Waals surface area contributed by atoms with Gasteiger partial charge in [0.05, 0.1) is 11.1 Å². The monoisotopic (exact) mass is 373 g/mol. The van der Waals surface area contributed by atoms with Crippen LogP contribution < -0.4 is 5.43 Å². The molecule has 0 spiro atoms. The van der Waals surface area contributed by atoms with Crippen LogP contribution in [0.1, 0.15) is 28.8 Å². The van der Waals surface area contributed by atoms with Gasteiger partial charge in [0.15, 0.2) is 0 Å². The van der Waals surface area contributed by atoms with Gasteiger partial charge in [0.1, 0.15) is 5.75 Å². The van der Waals surface area contributed by atoms with E-state index in [0.29, 0.717) is 18.7 Å². The summed E-state index contributed by atoms with van der Waals surface area (Å²) in [5.41, 5.74) is 3.18. The van der Waals surface area contributed by atoms with E-state index in [9.17, 15) is 18.3 Å². The van der Waals surface area contributed by atoms with Gasteiger partial charge in [-0.3, -0.25) is 4.79 Å². The lowest BCUT2D eigenvalue weighted by molar-refractivity contribution is 0.0955. The zero-order valence-electron chi connectivity index (χ0n) is 14.0. The molecule has 2 aromatic rings. The molecule has 0 saturated carbocycles. The SMILES string of the molecule is O=C(N/N=C/c1cccc(O)c1)c1cccc(S(=O)(=O)N2CCCC2)c1. The Morgan fingerprint density at radius 3 is 2.58 bits per heavy atom. The minimum atomic E-state index is -3.58. The highest BCUT2D eigenvalue weighted by Crippen LogP contribution is 2.21. The Balaban J connectivity index is 1.72. The molecule has 2 N–H and O–H groups in total. The van der Waals surface area contributed by atoms with Crippen LogP contribution in [0.5, 0.6) is 5.75 Å². The molecular formula is C18H19N3O4S. The summed E-state index contributed by atoms with van der Waals surface area (Å²) in [6.07, 6.45) is 3.09. The molecule has 1 saturated heterocycles. The third-order valence-corrected chi connectivity index (χ3v) is 5.94. The highest BCUT2D eigenvalue weighted by atomic mass is 32.2. The molecule has 2 aromatic carbocycles. The second-order valence-electron chi connectivity index (χ2n) is 5.93. The molecule has 26 heavy (non-hydrogen) atoms. The summed E-state index contributed by atoms with van der Waals surface area (Å²) in [7, 11) is -3.58. The quantitative estimate of drug-likeness (QED) is 0.618. The third-order valence-electron chi connectivity index (χ3n) is 4.05. The third kappa shape index (κ3) is 4.09. The number of nitrogens with one attached hydrogen (secondary N) is 1. The van der Waals surface area contributed by atoms with Crippen LogP contribution in [0.15, 0.2) is 58.5 Å². The second kappa shape index (κ2) is 7.67. The molecular weight excluding hydrogens is 354 g/mol. The van der Waals surface area contributed by atoms with E-state index >= 15 is 0 Å². The van der Waals surface area contributed by atoms with Crippen molar-refractivity contribution in [3.05, 3.63) is 59.7 Å². The topological polar surface area (TPSA) is 99.1 Å². The lowest BCUT2D eigenvalue weighted by atomic mass is 10.2. The van der Waals surface area contributed by atoms with Crippen LogP contribution in [0.3, 0.4) is 0 Å². The minimum Gasteiger partial charge on any atom is -0.508 e. The van der Waals surface area contributed by atoms with Crippen molar-refractivity contribution in [2.24, 2.45) is 5.10 Å². The molecule has 7 nitrogen and oxygen atoms in total. The Morgan fingerprint density at radius 1 is 1.12 bits per heavy atom. The normalized spacial score (nSPS) is 15.4. The molecule has 0 bridgehead atoms. The number of rotatable bonds is 5. The minimum absolute atomic E-state index is 0.0973. The van der Waals surface area contributed by atoms with Gasteiger partial charge in [0.25, 0.3) is 5.91 Å². The van der Waals surface area contributed by atoms with Gasteiger partial charge in [-0.25, -0.2) is 13.8 Å². The van der Waals surface area contributed by atoms with Gasteiger partial charge in [-0.2, -0.15) is 9.41 Å². The number of benzene rings is 2. The van der Waals surface area contributed by atoms with Crippen LogP contribution in [0.25, 0.3) is 0 Å². The first-order chi connectivity index (χ1) is 12.5. The van der Waals surface area contributed by atoms with E-state index in [1.165, 1.54) is 46.9 Å². The summed E-state index contributed by atoms with van der Waals surface area (Å²) in [5, 5.41) is 13.2. The fourth-order valence-electron chi connectivity index (χ4n) is 2.71. The number of aromatic hydroxyl groups is 1. The molecule has 8 heteroatoms. The number of nitrogens with zero attached hydrogens (tertiary/aromatic N) is 2. The lowest BCUT2D eigenvalue weighted by Gasteiger charge is -2.15. The van der Waals surface area contributed by atoms with Gasteiger partial charge in [-0.15, -0.1) is 0 Å². The van der Waals surface area contributed by atoms with Crippen molar-refractivity contribution < 1.29 is 18.3 Å². The molecule has 0 unspecified atom stereocenters. The van der Waals surface area contributed by atoms with Crippen molar-refractivity contribution in [1.82, 2.24) is 9.73 Å². The number of hydrogen-bond donors (Lipinski definition) is 2. The Morgan fingerprint density at radius 2 is 1.85 bits per heavy atom. The predicted molar refractivity (Wildman–Crippen MR) is 97.6 cm³/mol. The number of phenols is 1. The number of phenolic OH excluding ortho intramolecular Hbond substituents is 1. The van der Waals surface area contributed by atoms with Gasteiger partial charge in [0.2, 0.25) is 10.0 Å². The second-order valence-corrected chi connectivity index (χ2v) is 7.87. The summed E-state index contributed by atoms with van der Waals surface area (Å²) in [6.45, 7) is 1.01. The maximum atomic E-state index is 12.6. The van der Waals surface area contributed by atoms with Crippen molar-refractivity contribution in [1.29, 1.82) is 0 Å². The first-order valence-corrected chi connectivity index (χ1v) is 9.63. The van der Waals surface area contributed by atoms with Gasteiger partial charge in [0, 0.05) is 18.7 Å². The molecule has 0 aliphatic carbocycles. The molecule has 0 aromatic heterocycles. The zero-order valence-corrected chi connectivity index (χ0v) is 14.8. The molecule has 0 atom stereocenters. The van der Waals surface area contributed by atoms with Crippen molar-refractivity contribution >= 4 is 22.1 Å². The maximum absolute atomic E-state index is 12.6. The fraction of sp³-hybridized carbons (Fsp3) is 0.222. The van der Waals surface area contributed by atoms with Gasteiger partial charge < -0.3 is 5.11 Å². The first-order valence-electron chi connectivity index (χ1n) is 8.19. The van der Waals surface area contributed by atoms with Gasteiger partial charge in [-0.05, 0) is 48.7 Å². The molecule has 1 amide bonds. The average molecular weight is 373 g/mol. The Labute approximate surface area is 152 Å². The summed E-state index contributed by atoms with van der Waals surface area (Å²) < 4.78 is 26.6. The molecule has 1 aliphatic rings. The van der Waals surface area contributed by atoms with Crippen molar-refractivity contribution in [2.75, 3.05) is 13.1 Å². The number of amides is 1. The summed E-state index contributed by atoms with van der Waals surface area (Å²) in [6, 6.07) is 12.3. The Hall–Kier alpha value is -2.71. The largest absolute Gasteiger partial charge is 0.508 e. The van der Waals surface area contributed by atoms with Crippen LogP contribution in [0.2, 0.25) is 0 Å². The van der Waals surface area contributed by atoms with Crippen molar-refractivity contribution in [2.45, 2.75) is 17.7 Å². The average Bonchev–Trinajstić information content (AvgIpc) is 3.17. The summed E-state index contributed by atoms with van der Waals surface area (Å²) >= 11 is 0. The van der Waals surface area contributed by atoms with Gasteiger partial charge in [-0.1, -0.05) is 18.2 Å². The summed E-state index contributed by atoms with van der Waals surface area (Å²) in [5.74, 6) is -0.417. The predicted octanol–water partition coefficient (Wildman–Crippen LogP) is 1.94. The highest BCUT2D eigenvalue weighted by molar-refractivity contribution is 7.89. The van der Waals surface area contributed by atoms with E-state index in [4.69, 9.17) is 0 Å². The van der Waals surface area contributed by atoms with Crippen molar-refractivity contribution in [3.63, 3.8) is 0 Å². The molecule has 0 radical (unpaired) electrons. The first kappa shape index (κ1) is 18.1. The number of carbonyl (C=O) groups is 1. The van der Waals surface area contributed by atoms with E-state index < -0.39 is 15.9 Å². The number of carbonyl (C=O) groups excluding carboxylic acids is 1. The van der Waals surface area contributed by atoms with E-state index in [2.05, 4.69) is 10.5 Å². The summed E-state index contributed by atoms with van der Waals surface area (Å²) in [4.78, 5) is 12.3. The maximum Gasteiger partial charge on any atom is 0.271 e. The number of hydrazone groups is 1. The van der Waals surface area contributed by atoms with Crippen LogP contribution in [0, 0.1) is 0 Å². The van der Waals surface area contributed by atoms with E-state index in [-0.39, 0.29) is 16.2 Å². The van der Waals surface area contributed by atoms with Crippen LogP contribution in [-0.2, 0) is 10.0 Å². The molecule has 3 rings (SSSR count). The van der Waals surface area contributed by atoms with Crippen LogP contribution in [-0.4, -0.2) is 43.0 Å². The van der Waals surface area contributed by atoms with E-state index in [1.54, 1.807) is 12.1 Å². The molecule has 1 aliphatic heterocycles. The number of hydrogen-bond acceptors (Lipinski definition) is 5. The fourth-order valence-corrected chi connectivity index (χ4v) is 4.27. The number of sulfonamides is 1. The van der Waals surface area contributed by atoms with Crippen molar-refractivity contribution in [3.8, 4) is 5.75 Å². The van der Waals surface area contributed by atoms with Crippen LogP contribution in [0.4, 0.5) is 0 Å². The lowest BCUT2D eigenvalue weighted by Crippen LogP contribution is -2.28. The van der Waals surface area contributed by atoms with Gasteiger partial charge >= 0.3 is 0 Å². The molecule has 1 heterocycles. The van der Waals surface area contributed by atoms with E-state index in [0.717, 1.165) is 12.8 Å². The standard InChI is InChI=1S/C18H19N3O4S/c22-16-7-3-5-14(11-16)13-19-20-18(23)15-6-4-8-17(12-15)26(24,25)21-9-1-2-10-21/h3-8,11-13,22H,1-2,9-10H2,(H,20,23)/b19-13+. The Kier molecular flexibility index (Phi) is 5.34. The van der Waals surface area contributed by atoms with E-state index in [1.807, 2.05) is 0 Å². The Bertz CT molecular complexity index is 935. The molecule has 136 valence electrons. The highest BCUT2D eigenvalue weighted by Gasteiger charge is 2.27. The van der Waals surface area contributed by atoms with Crippen LogP contribution >= 0.6 is 0 Å². The smallest absolute Gasteiger partial charge is 0.271 e. The zero-order chi connectivity index (χ0) is 18.6. The molecule has 1 fully saturated rings.